The van der Waals surface area contributed by atoms with Crippen molar-refractivity contribution >= 4 is 11.1 Å². The molecule has 0 saturated heterocycles. The van der Waals surface area contributed by atoms with Gasteiger partial charge in [-0.15, -0.1) is 0 Å². The van der Waals surface area contributed by atoms with Crippen LogP contribution < -0.4 is 25.4 Å². The van der Waals surface area contributed by atoms with Crippen LogP contribution in [0.5, 0.6) is 17.5 Å². The van der Waals surface area contributed by atoms with E-state index in [-0.39, 0.29) is 23.7 Å². The minimum absolute atomic E-state index is 0.0181. The Bertz CT molecular complexity index is 1390. The van der Waals surface area contributed by atoms with Crippen LogP contribution in [0, 0.1) is 0 Å². The Kier molecular flexibility index (Phi) is 5.93. The van der Waals surface area contributed by atoms with Gasteiger partial charge in [-0.3, -0.25) is 9.78 Å². The summed E-state index contributed by atoms with van der Waals surface area (Å²) in [6, 6.07) is 14.7. The molecule has 0 aliphatic heterocycles. The summed E-state index contributed by atoms with van der Waals surface area (Å²) >= 11 is 0. The van der Waals surface area contributed by atoms with Crippen LogP contribution in [0.2, 0.25) is 0 Å². The Labute approximate surface area is 183 Å². The molecule has 0 fully saturated rings. The van der Waals surface area contributed by atoms with E-state index in [4.69, 9.17) is 18.6 Å². The van der Waals surface area contributed by atoms with Gasteiger partial charge in [-0.05, 0) is 46.9 Å². The number of benzene rings is 2. The number of nitrogens with zero attached hydrogens (tertiary/aromatic N) is 1. The van der Waals surface area contributed by atoms with E-state index >= 15 is 0 Å². The van der Waals surface area contributed by atoms with Crippen molar-refractivity contribution in [3.05, 3.63) is 80.4 Å². The van der Waals surface area contributed by atoms with Crippen molar-refractivity contribution in [2.45, 2.75) is 20.0 Å². The van der Waals surface area contributed by atoms with Crippen molar-refractivity contribution in [2.24, 2.45) is 0 Å². The first-order valence-electron chi connectivity index (χ1n) is 10.0. The quantitative estimate of drug-likeness (QED) is 0.473. The molecule has 2 aromatic carbocycles. The van der Waals surface area contributed by atoms with Gasteiger partial charge < -0.3 is 18.6 Å². The molecule has 8 heteroatoms. The summed E-state index contributed by atoms with van der Waals surface area (Å²) in [5.41, 5.74) is 2.36. The van der Waals surface area contributed by atoms with Crippen LogP contribution in [0.1, 0.15) is 18.1 Å². The van der Waals surface area contributed by atoms with Crippen molar-refractivity contribution in [3.8, 4) is 28.6 Å². The molecular formula is C24H22N2O6. The number of aryl methyl sites for hydroxylation is 1. The fourth-order valence-corrected chi connectivity index (χ4v) is 3.48. The van der Waals surface area contributed by atoms with Crippen LogP contribution in [0.4, 0.5) is 0 Å². The maximum Gasteiger partial charge on any atom is 0.337 e. The van der Waals surface area contributed by atoms with Crippen LogP contribution >= 0.6 is 0 Å². The van der Waals surface area contributed by atoms with Crippen LogP contribution in [0.15, 0.2) is 62.5 Å². The smallest absolute Gasteiger partial charge is 0.337 e. The molecule has 1 N–H and O–H groups in total. The summed E-state index contributed by atoms with van der Waals surface area (Å²) in [5.74, 6) is 1.29. The van der Waals surface area contributed by atoms with Crippen molar-refractivity contribution in [1.82, 2.24) is 9.97 Å². The van der Waals surface area contributed by atoms with Gasteiger partial charge in [0.15, 0.2) is 11.5 Å². The lowest BCUT2D eigenvalue weighted by molar-refractivity contribution is 0.279. The van der Waals surface area contributed by atoms with Gasteiger partial charge in [0, 0.05) is 6.07 Å². The molecule has 0 bridgehead atoms. The molecule has 0 saturated carbocycles. The highest BCUT2D eigenvalue weighted by molar-refractivity contribution is 5.75. The topological polar surface area (TPSA) is 104 Å². The number of H-pyrrole nitrogens is 1. The Morgan fingerprint density at radius 1 is 0.969 bits per heavy atom. The minimum Gasteiger partial charge on any atom is -0.493 e. The molecule has 8 nitrogen and oxygen atoms in total. The Hall–Kier alpha value is -4.07. The van der Waals surface area contributed by atoms with E-state index in [1.54, 1.807) is 14.2 Å². The average Bonchev–Trinajstić information content (AvgIpc) is 2.81. The van der Waals surface area contributed by atoms with E-state index in [2.05, 4.69) is 9.97 Å². The second-order valence-corrected chi connectivity index (χ2v) is 7.05. The van der Waals surface area contributed by atoms with Crippen LogP contribution in [0.25, 0.3) is 22.2 Å². The zero-order chi connectivity index (χ0) is 22.7. The van der Waals surface area contributed by atoms with Gasteiger partial charge in [0.1, 0.15) is 12.0 Å². The maximum atomic E-state index is 12.5. The maximum absolute atomic E-state index is 12.5. The molecule has 0 spiro atoms. The summed E-state index contributed by atoms with van der Waals surface area (Å²) in [5, 5.41) is 0.259. The molecule has 0 amide bonds. The first-order valence-corrected chi connectivity index (χ1v) is 10.0. The summed E-state index contributed by atoms with van der Waals surface area (Å²) < 4.78 is 21.5. The SMILES string of the molecule is CCc1cc(=O)oc2nc(OCc3cccc(-c4ccc(OC)c(OC)c4)c3)[nH]c(=O)c12. The third-order valence-corrected chi connectivity index (χ3v) is 5.08. The highest BCUT2D eigenvalue weighted by atomic mass is 16.5. The molecule has 2 heterocycles. The monoisotopic (exact) mass is 434 g/mol. The van der Waals surface area contributed by atoms with E-state index in [9.17, 15) is 9.59 Å². The number of hydrogen-bond acceptors (Lipinski definition) is 7. The molecule has 4 rings (SSSR count). The normalized spacial score (nSPS) is 10.8. The zero-order valence-electron chi connectivity index (χ0n) is 17.9. The highest BCUT2D eigenvalue weighted by Gasteiger charge is 2.13. The van der Waals surface area contributed by atoms with Crippen LogP contribution in [-0.2, 0) is 13.0 Å². The minimum atomic E-state index is -0.555. The van der Waals surface area contributed by atoms with Gasteiger partial charge in [0.25, 0.3) is 11.6 Å². The molecule has 32 heavy (non-hydrogen) atoms. The third-order valence-electron chi connectivity index (χ3n) is 5.08. The number of ether oxygens (including phenoxy) is 3. The first-order chi connectivity index (χ1) is 15.5. The lowest BCUT2D eigenvalue weighted by Crippen LogP contribution is -2.15. The fourth-order valence-electron chi connectivity index (χ4n) is 3.48. The molecule has 0 unspecified atom stereocenters. The lowest BCUT2D eigenvalue weighted by Gasteiger charge is -2.11. The molecule has 0 atom stereocenters. The fraction of sp³-hybridized carbons (Fsp3) is 0.208. The van der Waals surface area contributed by atoms with Gasteiger partial charge in [-0.2, -0.15) is 4.98 Å². The van der Waals surface area contributed by atoms with E-state index < -0.39 is 11.2 Å². The average molecular weight is 434 g/mol. The number of fused-ring (bicyclic) bond motifs is 1. The molecule has 0 aliphatic carbocycles. The molecule has 0 radical (unpaired) electrons. The molecule has 4 aromatic rings. The summed E-state index contributed by atoms with van der Waals surface area (Å²) in [6.45, 7) is 2.01. The van der Waals surface area contributed by atoms with Crippen LogP contribution in [0.3, 0.4) is 0 Å². The Morgan fingerprint density at radius 2 is 1.75 bits per heavy atom. The predicted molar refractivity (Wildman–Crippen MR) is 120 cm³/mol. The first kappa shape index (κ1) is 21.2. The second kappa shape index (κ2) is 8.97. The standard InChI is InChI=1S/C24H22N2O6/c1-4-15-12-20(27)32-23-21(15)22(28)25-24(26-23)31-13-14-6-5-7-16(10-14)17-8-9-18(29-2)19(11-17)30-3/h5-12H,4,13H2,1-3H3,(H,25,26,28). The highest BCUT2D eigenvalue weighted by Crippen LogP contribution is 2.32. The Balaban J connectivity index is 1.59. The van der Waals surface area contributed by atoms with Gasteiger partial charge >= 0.3 is 5.63 Å². The van der Waals surface area contributed by atoms with Gasteiger partial charge in [0.2, 0.25) is 5.71 Å². The number of nitrogens with one attached hydrogen (secondary N) is 1. The largest absolute Gasteiger partial charge is 0.493 e. The van der Waals surface area contributed by atoms with Crippen molar-refractivity contribution < 1.29 is 18.6 Å². The van der Waals surface area contributed by atoms with Crippen molar-refractivity contribution in [1.29, 1.82) is 0 Å². The Morgan fingerprint density at radius 3 is 2.50 bits per heavy atom. The zero-order valence-corrected chi connectivity index (χ0v) is 17.9. The molecule has 164 valence electrons. The van der Waals surface area contributed by atoms with Gasteiger partial charge in [-0.25, -0.2) is 4.79 Å². The predicted octanol–water partition coefficient (Wildman–Crippen LogP) is 3.70. The number of aromatic amines is 1. The third kappa shape index (κ3) is 4.20. The summed E-state index contributed by atoms with van der Waals surface area (Å²) in [4.78, 5) is 31.0. The molecular weight excluding hydrogens is 412 g/mol. The number of hydrogen-bond donors (Lipinski definition) is 1. The number of methoxy groups -OCH3 is 2. The van der Waals surface area contributed by atoms with E-state index in [1.807, 2.05) is 49.4 Å². The molecule has 0 aliphatic rings. The lowest BCUT2D eigenvalue weighted by atomic mass is 10.0. The van der Waals surface area contributed by atoms with Crippen molar-refractivity contribution in [2.75, 3.05) is 14.2 Å². The summed E-state index contributed by atoms with van der Waals surface area (Å²) in [7, 11) is 3.18. The van der Waals surface area contributed by atoms with Crippen molar-refractivity contribution in [3.63, 3.8) is 0 Å². The van der Waals surface area contributed by atoms with Crippen LogP contribution in [-0.4, -0.2) is 24.2 Å². The number of aromatic nitrogens is 2. The van der Waals surface area contributed by atoms with Gasteiger partial charge in [-0.1, -0.05) is 31.2 Å². The van der Waals surface area contributed by atoms with E-state index in [0.29, 0.717) is 23.5 Å². The molecule has 2 aromatic heterocycles. The van der Waals surface area contributed by atoms with Gasteiger partial charge in [0.05, 0.1) is 14.2 Å². The summed E-state index contributed by atoms with van der Waals surface area (Å²) in [6.07, 6.45) is 0.510. The second-order valence-electron chi connectivity index (χ2n) is 7.05. The van der Waals surface area contributed by atoms with E-state index in [0.717, 1.165) is 16.7 Å². The number of rotatable bonds is 7. The van der Waals surface area contributed by atoms with E-state index in [1.165, 1.54) is 6.07 Å².